The number of carbonyl (C=O) groups is 5. The van der Waals surface area contributed by atoms with E-state index in [1.807, 2.05) is 12.1 Å². The normalized spacial score (nSPS) is 22.3. The Hall–Kier alpha value is -7.11. The summed E-state index contributed by atoms with van der Waals surface area (Å²) in [5, 5.41) is 15.6. The van der Waals surface area contributed by atoms with Gasteiger partial charge in [-0.15, -0.1) is 0 Å². The molecule has 1 aromatic heterocycles. The summed E-state index contributed by atoms with van der Waals surface area (Å²) >= 11 is 0. The Labute approximate surface area is 404 Å². The van der Waals surface area contributed by atoms with Gasteiger partial charge in [-0.2, -0.15) is 0 Å². The third-order valence-electron chi connectivity index (χ3n) is 14.7. The summed E-state index contributed by atoms with van der Waals surface area (Å²) in [6, 6.07) is 19.3. The van der Waals surface area contributed by atoms with Crippen LogP contribution in [0.1, 0.15) is 78.5 Å². The predicted octanol–water partition coefficient (Wildman–Crippen LogP) is 6.63. The maximum Gasteiger partial charge on any atom is 0.256 e. The summed E-state index contributed by atoms with van der Waals surface area (Å²) in [6.07, 6.45) is 13.7. The Morgan fingerprint density at radius 1 is 0.900 bits per heavy atom. The predicted molar refractivity (Wildman–Crippen MR) is 260 cm³/mol. The number of piperidine rings is 3. The molecule has 6 fully saturated rings. The van der Waals surface area contributed by atoms with E-state index in [0.29, 0.717) is 77.7 Å². The fourth-order valence-corrected chi connectivity index (χ4v) is 10.6. The van der Waals surface area contributed by atoms with Crippen LogP contribution < -0.4 is 25.6 Å². The molecule has 4 N–H and O–H groups in total. The lowest BCUT2D eigenvalue weighted by molar-refractivity contribution is -0.137. The number of nitrogens with one attached hydrogen (secondary N) is 4. The van der Waals surface area contributed by atoms with E-state index in [9.17, 15) is 28.4 Å². The Bertz CT molecular complexity index is 2760. The number of allylic oxidation sites excluding steroid dienone is 1. The molecule has 7 heterocycles. The van der Waals surface area contributed by atoms with Crippen LogP contribution in [0.15, 0.2) is 91.1 Å². The molecule has 7 aliphatic rings. The number of carbonyl (C=O) groups excluding carboxylic acids is 5. The van der Waals surface area contributed by atoms with E-state index in [1.165, 1.54) is 42.8 Å². The fraction of sp³-hybridized carbons (Fsp3) is 0.377. The highest BCUT2D eigenvalue weighted by Crippen LogP contribution is 2.47. The minimum atomic E-state index is -1.21. The molecule has 17 heteroatoms. The minimum Gasteiger partial charge on any atom is -0.457 e. The van der Waals surface area contributed by atoms with Crippen molar-refractivity contribution in [3.8, 4) is 5.75 Å². The van der Waals surface area contributed by atoms with Crippen LogP contribution in [-0.2, 0) is 25.7 Å². The van der Waals surface area contributed by atoms with Crippen LogP contribution in [0.2, 0.25) is 0 Å². The van der Waals surface area contributed by atoms with Crippen molar-refractivity contribution in [2.24, 2.45) is 11.3 Å². The SMILES string of the molecule is N=C/C=C(/Oc1ccc(NC(=O)C2(C(=O)Nc3ccc(F)cc3)CC2)cc1)c1ccc(N2CCC(CN3C4CC3CN(CC/C=C/c3cc5c(cn3)C(=O)N(C3CCC(=O)NC3=O)C5)C4)CC2)c(F)c1. The van der Waals surface area contributed by atoms with Crippen molar-refractivity contribution in [1.82, 2.24) is 25.0 Å². The first kappa shape index (κ1) is 46.6. The van der Waals surface area contributed by atoms with Gasteiger partial charge in [0.1, 0.15) is 34.6 Å². The van der Waals surface area contributed by atoms with Gasteiger partial charge in [0.15, 0.2) is 0 Å². The maximum atomic E-state index is 15.8. The summed E-state index contributed by atoms with van der Waals surface area (Å²) in [7, 11) is 0. The number of halogens is 2. The second kappa shape index (κ2) is 19.7. The van der Waals surface area contributed by atoms with E-state index in [2.05, 4.69) is 41.7 Å². The van der Waals surface area contributed by atoms with Crippen LogP contribution in [0.3, 0.4) is 0 Å². The number of hydrogen-bond acceptors (Lipinski definition) is 11. The molecule has 3 aromatic carbocycles. The van der Waals surface area contributed by atoms with Crippen LogP contribution in [0.5, 0.6) is 5.75 Å². The van der Waals surface area contributed by atoms with Crippen LogP contribution in [0.4, 0.5) is 25.8 Å². The van der Waals surface area contributed by atoms with E-state index in [1.54, 1.807) is 47.5 Å². The molecule has 15 nitrogen and oxygen atoms in total. The largest absolute Gasteiger partial charge is 0.457 e. The monoisotopic (exact) mass is 951 g/mol. The minimum absolute atomic E-state index is 0.220. The third kappa shape index (κ3) is 9.85. The van der Waals surface area contributed by atoms with Gasteiger partial charge in [0.25, 0.3) is 5.91 Å². The van der Waals surface area contributed by atoms with Crippen LogP contribution in [0.25, 0.3) is 11.8 Å². The van der Waals surface area contributed by atoms with E-state index < -0.39 is 35.0 Å². The molecular weight excluding hydrogens is 897 g/mol. The molecule has 4 aromatic rings. The zero-order valence-corrected chi connectivity index (χ0v) is 38.7. The number of fused-ring (bicyclic) bond motifs is 3. The highest BCUT2D eigenvalue weighted by Gasteiger charge is 2.56. The molecule has 362 valence electrons. The molecule has 11 rings (SSSR count). The highest BCUT2D eigenvalue weighted by molar-refractivity contribution is 6.17. The average Bonchev–Trinajstić information content (AvgIpc) is 4.12. The maximum absolute atomic E-state index is 15.8. The standard InChI is InChI=1S/C53H55F2N9O6/c54-36-5-7-37(8-6-36)58-51(68)53(19-20-53)52(69)59-38-9-11-42(12-10-38)70-47(16-21-56)34-4-13-45(44(55)26-34)62-23-17-33(18-24-62)29-63-40-27-41(63)32-61(31-40)22-2-1-3-39-25-35-30-64(50(67)43(35)28-57-39)46-14-15-48(65)60-49(46)66/h1,3-13,16,21,25-26,28,33,40-41,46,56H,2,14-15,17-20,22-24,27,29-32H2,(H,58,68)(H,59,69)(H,60,65,66)/b3-1+,47-16+,56-21?. The van der Waals surface area contributed by atoms with Gasteiger partial charge in [0.2, 0.25) is 23.6 Å². The first-order valence-electron chi connectivity index (χ1n) is 24.1. The van der Waals surface area contributed by atoms with Gasteiger partial charge in [-0.25, -0.2) is 8.78 Å². The molecule has 5 amide bonds. The molecule has 6 aliphatic heterocycles. The van der Waals surface area contributed by atoms with Gasteiger partial charge in [0, 0.05) is 93.7 Å². The number of pyridine rings is 1. The molecule has 3 unspecified atom stereocenters. The number of amides is 5. The summed E-state index contributed by atoms with van der Waals surface area (Å²) in [4.78, 5) is 76.5. The van der Waals surface area contributed by atoms with Crippen molar-refractivity contribution in [3.05, 3.63) is 125 Å². The van der Waals surface area contributed by atoms with Gasteiger partial charge >= 0.3 is 0 Å². The average molecular weight is 952 g/mol. The van der Waals surface area contributed by atoms with Crippen LogP contribution >= 0.6 is 0 Å². The smallest absolute Gasteiger partial charge is 0.256 e. The van der Waals surface area contributed by atoms with Gasteiger partial charge in [-0.05, 0) is 141 Å². The molecular formula is C53H55F2N9O6. The topological polar surface area (TPSA) is 180 Å². The van der Waals surface area contributed by atoms with Crippen molar-refractivity contribution in [2.75, 3.05) is 54.8 Å². The van der Waals surface area contributed by atoms with Crippen molar-refractivity contribution in [1.29, 1.82) is 5.41 Å². The van der Waals surface area contributed by atoms with Gasteiger partial charge in [0.05, 0.1) is 16.9 Å². The Morgan fingerprint density at radius 3 is 2.26 bits per heavy atom. The Kier molecular flexibility index (Phi) is 13.1. The molecule has 2 bridgehead atoms. The number of aromatic nitrogens is 1. The zero-order chi connectivity index (χ0) is 48.5. The molecule has 1 saturated carbocycles. The second-order valence-electron chi connectivity index (χ2n) is 19.3. The molecule has 5 saturated heterocycles. The van der Waals surface area contributed by atoms with Crippen molar-refractivity contribution < 1.29 is 37.5 Å². The number of ether oxygens (including phenoxy) is 1. The Balaban J connectivity index is 0.653. The number of rotatable bonds is 16. The van der Waals surface area contributed by atoms with E-state index in [-0.39, 0.29) is 29.8 Å². The molecule has 70 heavy (non-hydrogen) atoms. The van der Waals surface area contributed by atoms with Crippen molar-refractivity contribution in [2.45, 2.75) is 76.0 Å². The Morgan fingerprint density at radius 2 is 1.60 bits per heavy atom. The number of benzene rings is 3. The lowest BCUT2D eigenvalue weighted by Crippen LogP contribution is -2.69. The number of hydrogen-bond donors (Lipinski definition) is 4. The second-order valence-corrected chi connectivity index (χ2v) is 19.3. The third-order valence-corrected chi connectivity index (χ3v) is 14.7. The molecule has 0 spiro atoms. The molecule has 3 atom stereocenters. The summed E-state index contributed by atoms with van der Waals surface area (Å²) < 4.78 is 35.3. The van der Waals surface area contributed by atoms with Gasteiger partial charge < -0.3 is 30.6 Å². The van der Waals surface area contributed by atoms with Crippen LogP contribution in [-0.4, -0.2) is 113 Å². The lowest BCUT2D eigenvalue weighted by atomic mass is 9.84. The van der Waals surface area contributed by atoms with Gasteiger partial charge in [-0.3, -0.25) is 44.1 Å². The first-order valence-corrected chi connectivity index (χ1v) is 24.1. The highest BCUT2D eigenvalue weighted by atomic mass is 19.1. The lowest BCUT2D eigenvalue weighted by Gasteiger charge is -2.57. The summed E-state index contributed by atoms with van der Waals surface area (Å²) in [6.45, 7) is 5.96. The quantitative estimate of drug-likeness (QED) is 0.0413. The van der Waals surface area contributed by atoms with Crippen molar-refractivity contribution in [3.63, 3.8) is 0 Å². The van der Waals surface area contributed by atoms with Crippen molar-refractivity contribution >= 4 is 64.6 Å². The number of piperazine rings is 1. The van der Waals surface area contributed by atoms with E-state index in [0.717, 1.165) is 76.0 Å². The zero-order valence-electron chi connectivity index (χ0n) is 38.7. The molecule has 1 aliphatic carbocycles. The van der Waals surface area contributed by atoms with Crippen LogP contribution in [0, 0.1) is 28.4 Å². The number of nitrogens with zero attached hydrogens (tertiary/aromatic N) is 5. The summed E-state index contributed by atoms with van der Waals surface area (Å²) in [5.41, 5.74) is 2.80. The first-order chi connectivity index (χ1) is 33.9. The van der Waals surface area contributed by atoms with E-state index >= 15 is 4.39 Å². The molecule has 0 radical (unpaired) electrons. The number of anilines is 3. The number of imide groups is 1. The van der Waals surface area contributed by atoms with E-state index in [4.69, 9.17) is 10.1 Å². The van der Waals surface area contributed by atoms with Gasteiger partial charge in [-0.1, -0.05) is 6.08 Å². The summed E-state index contributed by atoms with van der Waals surface area (Å²) in [5.74, 6) is -1.38. The fourth-order valence-electron chi connectivity index (χ4n) is 10.6.